The van der Waals surface area contributed by atoms with E-state index < -0.39 is 0 Å². The molecule has 1 heterocycles. The lowest BCUT2D eigenvalue weighted by atomic mass is 10.0. The number of nitrogens with zero attached hydrogens (tertiary/aromatic N) is 2. The third kappa shape index (κ3) is 5.87. The minimum atomic E-state index is -0.119. The highest BCUT2D eigenvalue weighted by atomic mass is 16.1. The molecule has 0 saturated heterocycles. The topological polar surface area (TPSA) is 57.3 Å². The fourth-order valence-electron chi connectivity index (χ4n) is 2.59. The fourth-order valence-corrected chi connectivity index (χ4v) is 2.59. The van der Waals surface area contributed by atoms with E-state index in [2.05, 4.69) is 48.5 Å². The molecule has 5 nitrogen and oxygen atoms in total. The van der Waals surface area contributed by atoms with Crippen LogP contribution < -0.4 is 10.6 Å². The second kappa shape index (κ2) is 9.18. The van der Waals surface area contributed by atoms with Crippen LogP contribution in [0.4, 0.5) is 11.5 Å². The van der Waals surface area contributed by atoms with Gasteiger partial charge in [0, 0.05) is 24.0 Å². The molecule has 0 saturated carbocycles. The van der Waals surface area contributed by atoms with E-state index in [0.717, 1.165) is 36.6 Å². The second-order valence-electron chi connectivity index (χ2n) is 6.71. The number of amides is 1. The van der Waals surface area contributed by atoms with E-state index in [1.807, 2.05) is 24.3 Å². The SMILES string of the molecule is CC(C)c1ccccc1NC(=O)c1ccnc(NCCCN(C)C)c1. The number of anilines is 2. The van der Waals surface area contributed by atoms with Crippen molar-refractivity contribution in [1.82, 2.24) is 9.88 Å². The molecule has 0 aliphatic carbocycles. The molecule has 1 aromatic carbocycles. The molecular weight excluding hydrogens is 312 g/mol. The molecule has 1 amide bonds. The van der Waals surface area contributed by atoms with Gasteiger partial charge in [-0.05, 0) is 56.7 Å². The molecule has 2 aromatic rings. The van der Waals surface area contributed by atoms with Gasteiger partial charge in [0.1, 0.15) is 5.82 Å². The number of nitrogens with one attached hydrogen (secondary N) is 2. The average molecular weight is 340 g/mol. The van der Waals surface area contributed by atoms with Gasteiger partial charge in [-0.25, -0.2) is 4.98 Å². The van der Waals surface area contributed by atoms with Crippen molar-refractivity contribution in [1.29, 1.82) is 0 Å². The lowest BCUT2D eigenvalue weighted by Crippen LogP contribution is -2.17. The van der Waals surface area contributed by atoms with Crippen LogP contribution >= 0.6 is 0 Å². The Morgan fingerprint density at radius 3 is 2.68 bits per heavy atom. The number of carbonyl (C=O) groups is 1. The molecular formula is C20H28N4O. The van der Waals surface area contributed by atoms with Crippen LogP contribution in [0.25, 0.3) is 0 Å². The number of para-hydroxylation sites is 1. The highest BCUT2D eigenvalue weighted by molar-refractivity contribution is 6.05. The Balaban J connectivity index is 2.01. The molecule has 0 aliphatic rings. The molecule has 25 heavy (non-hydrogen) atoms. The Bertz CT molecular complexity index is 698. The van der Waals surface area contributed by atoms with Crippen LogP contribution in [-0.4, -0.2) is 43.0 Å². The molecule has 0 spiro atoms. The molecule has 1 aromatic heterocycles. The minimum Gasteiger partial charge on any atom is -0.370 e. The molecule has 0 atom stereocenters. The summed E-state index contributed by atoms with van der Waals surface area (Å²) in [6, 6.07) is 11.4. The molecule has 5 heteroatoms. The van der Waals surface area contributed by atoms with Gasteiger partial charge in [-0.2, -0.15) is 0 Å². The first kappa shape index (κ1) is 18.9. The summed E-state index contributed by atoms with van der Waals surface area (Å²) < 4.78 is 0. The predicted octanol–water partition coefficient (Wildman–Crippen LogP) is 3.82. The van der Waals surface area contributed by atoms with Gasteiger partial charge in [0.25, 0.3) is 5.91 Å². The zero-order valence-corrected chi connectivity index (χ0v) is 15.5. The van der Waals surface area contributed by atoms with E-state index in [0.29, 0.717) is 11.5 Å². The maximum atomic E-state index is 12.6. The van der Waals surface area contributed by atoms with E-state index in [-0.39, 0.29) is 5.91 Å². The van der Waals surface area contributed by atoms with Gasteiger partial charge in [0.15, 0.2) is 0 Å². The van der Waals surface area contributed by atoms with Crippen molar-refractivity contribution in [3.05, 3.63) is 53.7 Å². The van der Waals surface area contributed by atoms with Crippen molar-refractivity contribution < 1.29 is 4.79 Å². The predicted molar refractivity (Wildman–Crippen MR) is 104 cm³/mol. The maximum absolute atomic E-state index is 12.6. The molecule has 0 unspecified atom stereocenters. The number of aromatic nitrogens is 1. The lowest BCUT2D eigenvalue weighted by molar-refractivity contribution is 0.102. The molecule has 134 valence electrons. The first-order valence-corrected chi connectivity index (χ1v) is 8.72. The van der Waals surface area contributed by atoms with Crippen LogP contribution in [0.3, 0.4) is 0 Å². The van der Waals surface area contributed by atoms with Crippen molar-refractivity contribution in [2.24, 2.45) is 0 Å². The van der Waals surface area contributed by atoms with Gasteiger partial charge >= 0.3 is 0 Å². The van der Waals surface area contributed by atoms with Crippen LogP contribution in [0.1, 0.15) is 42.1 Å². The van der Waals surface area contributed by atoms with Crippen LogP contribution in [0, 0.1) is 0 Å². The average Bonchev–Trinajstić information content (AvgIpc) is 2.59. The van der Waals surface area contributed by atoms with Crippen molar-refractivity contribution in [3.8, 4) is 0 Å². The number of hydrogen-bond acceptors (Lipinski definition) is 4. The van der Waals surface area contributed by atoms with Gasteiger partial charge in [-0.15, -0.1) is 0 Å². The zero-order chi connectivity index (χ0) is 18.2. The summed E-state index contributed by atoms with van der Waals surface area (Å²) in [5, 5.41) is 6.29. The first-order valence-electron chi connectivity index (χ1n) is 8.72. The van der Waals surface area contributed by atoms with Crippen molar-refractivity contribution in [3.63, 3.8) is 0 Å². The van der Waals surface area contributed by atoms with Crippen LogP contribution in [0.5, 0.6) is 0 Å². The van der Waals surface area contributed by atoms with Crippen molar-refractivity contribution in [2.75, 3.05) is 37.8 Å². The summed E-state index contributed by atoms with van der Waals surface area (Å²) in [5.74, 6) is 0.957. The Labute approximate surface area is 150 Å². The number of carbonyl (C=O) groups excluding carboxylic acids is 1. The zero-order valence-electron chi connectivity index (χ0n) is 15.5. The van der Waals surface area contributed by atoms with E-state index in [9.17, 15) is 4.79 Å². The van der Waals surface area contributed by atoms with Crippen molar-refractivity contribution >= 4 is 17.4 Å². The third-order valence-electron chi connectivity index (χ3n) is 3.94. The number of hydrogen-bond donors (Lipinski definition) is 2. The van der Waals surface area contributed by atoms with Crippen LogP contribution in [0.15, 0.2) is 42.6 Å². The molecule has 0 aliphatic heterocycles. The Hall–Kier alpha value is -2.40. The van der Waals surface area contributed by atoms with E-state index in [4.69, 9.17) is 0 Å². The van der Waals surface area contributed by atoms with Crippen LogP contribution in [0.2, 0.25) is 0 Å². The van der Waals surface area contributed by atoms with Crippen LogP contribution in [-0.2, 0) is 0 Å². The standard InChI is InChI=1S/C20H28N4O/c1-15(2)17-8-5-6-9-18(17)23-20(25)16-10-12-22-19(14-16)21-11-7-13-24(3)4/h5-6,8-10,12,14-15H,7,11,13H2,1-4H3,(H,21,22)(H,23,25). The van der Waals surface area contributed by atoms with Gasteiger partial charge in [0.05, 0.1) is 0 Å². The molecule has 0 radical (unpaired) electrons. The summed E-state index contributed by atoms with van der Waals surface area (Å²) >= 11 is 0. The quantitative estimate of drug-likeness (QED) is 0.717. The monoisotopic (exact) mass is 340 g/mol. The molecule has 2 rings (SSSR count). The first-order chi connectivity index (χ1) is 12.0. The molecule has 0 bridgehead atoms. The number of benzene rings is 1. The molecule has 0 fully saturated rings. The summed E-state index contributed by atoms with van der Waals surface area (Å²) in [5.41, 5.74) is 2.59. The van der Waals surface area contributed by atoms with Crippen molar-refractivity contribution in [2.45, 2.75) is 26.2 Å². The van der Waals surface area contributed by atoms with Gasteiger partial charge < -0.3 is 15.5 Å². The Morgan fingerprint density at radius 2 is 1.96 bits per heavy atom. The normalized spacial score (nSPS) is 11.0. The Morgan fingerprint density at radius 1 is 1.20 bits per heavy atom. The maximum Gasteiger partial charge on any atom is 0.255 e. The van der Waals surface area contributed by atoms with E-state index in [1.54, 1.807) is 18.3 Å². The summed E-state index contributed by atoms with van der Waals surface area (Å²) in [4.78, 5) is 19.0. The largest absolute Gasteiger partial charge is 0.370 e. The van der Waals surface area contributed by atoms with E-state index in [1.165, 1.54) is 0 Å². The lowest BCUT2D eigenvalue weighted by Gasteiger charge is -2.14. The highest BCUT2D eigenvalue weighted by Gasteiger charge is 2.11. The van der Waals surface area contributed by atoms with Gasteiger partial charge in [0.2, 0.25) is 0 Å². The van der Waals surface area contributed by atoms with Gasteiger partial charge in [-0.3, -0.25) is 4.79 Å². The summed E-state index contributed by atoms with van der Waals surface area (Å²) in [6.45, 7) is 6.08. The third-order valence-corrected chi connectivity index (χ3v) is 3.94. The fraction of sp³-hybridized carbons (Fsp3) is 0.400. The number of pyridine rings is 1. The summed E-state index contributed by atoms with van der Waals surface area (Å²) in [7, 11) is 4.11. The highest BCUT2D eigenvalue weighted by Crippen LogP contribution is 2.24. The second-order valence-corrected chi connectivity index (χ2v) is 6.71. The minimum absolute atomic E-state index is 0.119. The van der Waals surface area contributed by atoms with Gasteiger partial charge in [-0.1, -0.05) is 32.0 Å². The smallest absolute Gasteiger partial charge is 0.255 e. The number of rotatable bonds is 8. The molecule has 2 N–H and O–H groups in total. The Kier molecular flexibility index (Phi) is 6.95. The van der Waals surface area contributed by atoms with E-state index >= 15 is 0 Å². The summed E-state index contributed by atoms with van der Waals surface area (Å²) in [6.07, 6.45) is 2.68.